The molecule has 2 heterocycles. The Hall–Kier alpha value is -1.87. The number of benzene rings is 1. The zero-order chi connectivity index (χ0) is 18.5. The number of hydrogen-bond acceptors (Lipinski definition) is 7. The molecule has 6 nitrogen and oxygen atoms in total. The second-order valence-corrected chi connectivity index (χ2v) is 8.49. The lowest BCUT2D eigenvalue weighted by Gasteiger charge is -2.35. The van der Waals surface area contributed by atoms with Gasteiger partial charge in [0.2, 0.25) is 11.0 Å². The Balaban J connectivity index is 1.50. The van der Waals surface area contributed by atoms with Crippen LogP contribution in [0.5, 0.6) is 0 Å². The van der Waals surface area contributed by atoms with Crippen LogP contribution in [0.25, 0.3) is 0 Å². The number of rotatable bonds is 6. The van der Waals surface area contributed by atoms with Crippen molar-refractivity contribution in [1.29, 1.82) is 0 Å². The van der Waals surface area contributed by atoms with Gasteiger partial charge in [0.1, 0.15) is 5.82 Å². The Bertz CT molecular complexity index is 729. The fourth-order valence-corrected chi connectivity index (χ4v) is 4.39. The molecule has 9 heteroatoms. The van der Waals surface area contributed by atoms with Crippen molar-refractivity contribution in [1.82, 2.24) is 15.5 Å². The Labute approximate surface area is 160 Å². The number of thioether (sulfide) groups is 1. The molecule has 2 aromatic rings. The smallest absolute Gasteiger partial charge is 0.230 e. The molecule has 1 aliphatic rings. The van der Waals surface area contributed by atoms with E-state index in [1.807, 2.05) is 26.0 Å². The van der Waals surface area contributed by atoms with Crippen molar-refractivity contribution in [2.24, 2.45) is 0 Å². The first kappa shape index (κ1) is 18.9. The normalized spacial score (nSPS) is 14.8. The molecule has 0 aliphatic carbocycles. The van der Waals surface area contributed by atoms with Gasteiger partial charge in [-0.25, -0.2) is 4.39 Å². The number of nitrogens with one attached hydrogen (secondary N) is 1. The molecular weight excluding hydrogens is 373 g/mol. The quantitative estimate of drug-likeness (QED) is 0.759. The predicted molar refractivity (Wildman–Crippen MR) is 105 cm³/mol. The minimum Gasteiger partial charge on any atom is -0.368 e. The summed E-state index contributed by atoms with van der Waals surface area (Å²) < 4.78 is 13.9. The van der Waals surface area contributed by atoms with Gasteiger partial charge in [-0.3, -0.25) is 4.79 Å². The summed E-state index contributed by atoms with van der Waals surface area (Å²) in [4.78, 5) is 16.2. The molecule has 0 radical (unpaired) electrons. The SMILES string of the molecule is CC(C)NC(=O)CSc1nnc(N2CCN(c3ccc(F)cc3)CC2)s1. The molecular formula is C17H22FN5OS2. The molecule has 0 atom stereocenters. The number of hydrogen-bond donors (Lipinski definition) is 1. The summed E-state index contributed by atoms with van der Waals surface area (Å²) in [7, 11) is 0. The van der Waals surface area contributed by atoms with Gasteiger partial charge in [0.25, 0.3) is 0 Å². The number of halogens is 1. The average Bonchev–Trinajstić information content (AvgIpc) is 3.09. The third kappa shape index (κ3) is 5.07. The minimum atomic E-state index is -0.214. The number of aromatic nitrogens is 2. The lowest BCUT2D eigenvalue weighted by atomic mass is 10.2. The van der Waals surface area contributed by atoms with Gasteiger partial charge in [-0.2, -0.15) is 0 Å². The summed E-state index contributed by atoms with van der Waals surface area (Å²) in [6.45, 7) is 7.26. The van der Waals surface area contributed by atoms with Gasteiger partial charge in [0.05, 0.1) is 5.75 Å². The van der Waals surface area contributed by atoms with Crippen molar-refractivity contribution in [2.45, 2.75) is 24.2 Å². The van der Waals surface area contributed by atoms with Gasteiger partial charge in [-0.1, -0.05) is 23.1 Å². The maximum Gasteiger partial charge on any atom is 0.230 e. The van der Waals surface area contributed by atoms with E-state index >= 15 is 0 Å². The van der Waals surface area contributed by atoms with Crippen LogP contribution < -0.4 is 15.1 Å². The fraction of sp³-hybridized carbons (Fsp3) is 0.471. The fourth-order valence-electron chi connectivity index (χ4n) is 2.69. The van der Waals surface area contributed by atoms with Gasteiger partial charge < -0.3 is 15.1 Å². The molecule has 1 saturated heterocycles. The molecule has 140 valence electrons. The van der Waals surface area contributed by atoms with Crippen molar-refractivity contribution in [3.63, 3.8) is 0 Å². The predicted octanol–water partition coefficient (Wildman–Crippen LogP) is 2.62. The highest BCUT2D eigenvalue weighted by Gasteiger charge is 2.20. The van der Waals surface area contributed by atoms with Crippen LogP contribution in [0.2, 0.25) is 0 Å². The molecule has 26 heavy (non-hydrogen) atoms. The van der Waals surface area contributed by atoms with E-state index in [9.17, 15) is 9.18 Å². The number of carbonyl (C=O) groups excluding carboxylic acids is 1. The summed E-state index contributed by atoms with van der Waals surface area (Å²) in [5, 5.41) is 12.2. The van der Waals surface area contributed by atoms with Crippen LogP contribution in [0, 0.1) is 5.82 Å². The molecule has 1 aromatic carbocycles. The van der Waals surface area contributed by atoms with Crippen molar-refractivity contribution >= 4 is 39.8 Å². The average molecular weight is 396 g/mol. The molecule has 3 rings (SSSR count). The van der Waals surface area contributed by atoms with Crippen LogP contribution in [0.15, 0.2) is 28.6 Å². The first-order valence-electron chi connectivity index (χ1n) is 8.52. The zero-order valence-electron chi connectivity index (χ0n) is 14.8. The van der Waals surface area contributed by atoms with Gasteiger partial charge in [-0.05, 0) is 38.1 Å². The van der Waals surface area contributed by atoms with Crippen molar-refractivity contribution < 1.29 is 9.18 Å². The summed E-state index contributed by atoms with van der Waals surface area (Å²) in [6.07, 6.45) is 0. The highest BCUT2D eigenvalue weighted by Crippen LogP contribution is 2.29. The molecule has 0 saturated carbocycles. The van der Waals surface area contributed by atoms with Crippen molar-refractivity contribution in [3.05, 3.63) is 30.1 Å². The van der Waals surface area contributed by atoms with E-state index in [1.54, 1.807) is 0 Å². The molecule has 1 fully saturated rings. The van der Waals surface area contributed by atoms with Crippen molar-refractivity contribution in [2.75, 3.05) is 41.7 Å². The number of amides is 1. The van der Waals surface area contributed by atoms with Gasteiger partial charge in [0.15, 0.2) is 4.34 Å². The van der Waals surface area contributed by atoms with Crippen LogP contribution in [-0.2, 0) is 4.79 Å². The Kier molecular flexibility index (Phi) is 6.31. The first-order valence-corrected chi connectivity index (χ1v) is 10.3. The van der Waals surface area contributed by atoms with Gasteiger partial charge >= 0.3 is 0 Å². The van der Waals surface area contributed by atoms with E-state index < -0.39 is 0 Å². The summed E-state index contributed by atoms with van der Waals surface area (Å²) >= 11 is 2.93. The second-order valence-electron chi connectivity index (χ2n) is 6.31. The van der Waals surface area contributed by atoms with Crippen LogP contribution in [-0.4, -0.2) is 54.1 Å². The largest absolute Gasteiger partial charge is 0.368 e. The molecule has 1 N–H and O–H groups in total. The maximum absolute atomic E-state index is 13.0. The molecule has 0 bridgehead atoms. The van der Waals surface area contributed by atoms with Gasteiger partial charge in [0, 0.05) is 37.9 Å². The molecule has 0 unspecified atom stereocenters. The van der Waals surface area contributed by atoms with E-state index in [4.69, 9.17) is 0 Å². The Morgan fingerprint density at radius 2 is 1.85 bits per heavy atom. The lowest BCUT2D eigenvalue weighted by Crippen LogP contribution is -2.46. The van der Waals surface area contributed by atoms with Crippen LogP contribution in [0.4, 0.5) is 15.2 Å². The summed E-state index contributed by atoms with van der Waals surface area (Å²) in [5.41, 5.74) is 1.04. The summed E-state index contributed by atoms with van der Waals surface area (Å²) in [5.74, 6) is 0.147. The van der Waals surface area contributed by atoms with E-state index in [0.717, 1.165) is 41.3 Å². The maximum atomic E-state index is 13.0. The monoisotopic (exact) mass is 395 g/mol. The first-order chi connectivity index (χ1) is 12.5. The number of carbonyl (C=O) groups is 1. The van der Waals surface area contributed by atoms with E-state index in [0.29, 0.717) is 5.75 Å². The third-order valence-corrected chi connectivity index (χ3v) is 6.03. The Morgan fingerprint density at radius 1 is 1.19 bits per heavy atom. The number of nitrogens with zero attached hydrogens (tertiary/aromatic N) is 4. The number of piperazine rings is 1. The minimum absolute atomic E-state index is 0.00895. The lowest BCUT2D eigenvalue weighted by molar-refractivity contribution is -0.119. The van der Waals surface area contributed by atoms with Gasteiger partial charge in [-0.15, -0.1) is 10.2 Å². The third-order valence-electron chi connectivity index (χ3n) is 3.91. The summed E-state index contributed by atoms with van der Waals surface area (Å²) in [6, 6.07) is 6.75. The standard InChI is InChI=1S/C17H22FN5OS2/c1-12(2)19-15(24)11-25-17-21-20-16(26-17)23-9-7-22(8-10-23)14-5-3-13(18)4-6-14/h3-6,12H,7-11H2,1-2H3,(H,19,24). The topological polar surface area (TPSA) is 61.4 Å². The molecule has 1 aliphatic heterocycles. The molecule has 1 aromatic heterocycles. The van der Waals surface area contributed by atoms with Crippen molar-refractivity contribution in [3.8, 4) is 0 Å². The zero-order valence-corrected chi connectivity index (χ0v) is 16.4. The number of anilines is 2. The highest BCUT2D eigenvalue weighted by molar-refractivity contribution is 8.01. The molecule has 0 spiro atoms. The highest BCUT2D eigenvalue weighted by atomic mass is 32.2. The van der Waals surface area contributed by atoms with E-state index in [2.05, 4.69) is 25.3 Å². The second kappa shape index (κ2) is 8.68. The van der Waals surface area contributed by atoms with E-state index in [-0.39, 0.29) is 17.8 Å². The Morgan fingerprint density at radius 3 is 2.50 bits per heavy atom. The van der Waals surface area contributed by atoms with E-state index in [1.165, 1.54) is 35.2 Å². The van der Waals surface area contributed by atoms with Crippen LogP contribution >= 0.6 is 23.1 Å². The van der Waals surface area contributed by atoms with Crippen LogP contribution in [0.1, 0.15) is 13.8 Å². The van der Waals surface area contributed by atoms with Crippen LogP contribution in [0.3, 0.4) is 0 Å². The molecule has 1 amide bonds.